The van der Waals surface area contributed by atoms with Crippen molar-refractivity contribution in [3.63, 3.8) is 0 Å². The summed E-state index contributed by atoms with van der Waals surface area (Å²) in [6.45, 7) is 5.51. The summed E-state index contributed by atoms with van der Waals surface area (Å²) in [5.74, 6) is -0.570. The van der Waals surface area contributed by atoms with Crippen LogP contribution in [0.3, 0.4) is 0 Å². The van der Waals surface area contributed by atoms with Gasteiger partial charge in [0.25, 0.3) is 11.1 Å². The van der Waals surface area contributed by atoms with Crippen LogP contribution in [0.5, 0.6) is 0 Å². The third-order valence-electron chi connectivity index (χ3n) is 3.17. The number of carboxylic acid groups (broad SMARTS) is 1. The highest BCUT2D eigenvalue weighted by Gasteiger charge is 2.04. The van der Waals surface area contributed by atoms with Gasteiger partial charge >= 0.3 is 5.97 Å². The van der Waals surface area contributed by atoms with Gasteiger partial charge in [-0.2, -0.15) is 0 Å². The molecular formula is C15H20N2O4. The van der Waals surface area contributed by atoms with Crippen LogP contribution in [-0.4, -0.2) is 21.3 Å². The second-order valence-corrected chi connectivity index (χ2v) is 4.97. The molecule has 6 nitrogen and oxygen atoms in total. The molecule has 0 aliphatic heterocycles. The van der Waals surface area contributed by atoms with E-state index in [0.717, 1.165) is 6.42 Å². The molecule has 0 radical (unpaired) electrons. The van der Waals surface area contributed by atoms with Crippen molar-refractivity contribution >= 4 is 18.1 Å². The van der Waals surface area contributed by atoms with E-state index < -0.39 is 5.97 Å². The lowest BCUT2D eigenvalue weighted by atomic mass is 10.00. The largest absolute Gasteiger partial charge is 0.481 e. The van der Waals surface area contributed by atoms with Crippen LogP contribution in [0.25, 0.3) is 12.2 Å². The summed E-state index contributed by atoms with van der Waals surface area (Å²) < 4.78 is 0. The molecule has 3 N–H and O–H groups in total. The molecule has 1 aromatic rings. The van der Waals surface area contributed by atoms with Gasteiger partial charge in [-0.05, 0) is 31.3 Å². The van der Waals surface area contributed by atoms with Gasteiger partial charge in [0, 0.05) is 11.6 Å². The fraction of sp³-hybridized carbons (Fsp3) is 0.400. The zero-order valence-electron chi connectivity index (χ0n) is 12.0. The molecule has 1 aromatic heterocycles. The minimum absolute atomic E-state index is 0.144. The van der Waals surface area contributed by atoms with Crippen LogP contribution in [0.1, 0.15) is 32.6 Å². The number of allylic oxidation sites excluding steroid dienone is 1. The highest BCUT2D eigenvalue weighted by molar-refractivity contribution is 5.66. The van der Waals surface area contributed by atoms with Gasteiger partial charge in [0.05, 0.1) is 5.22 Å². The molecule has 1 unspecified atom stereocenters. The average molecular weight is 292 g/mol. The maximum atomic E-state index is 11.8. The smallest absolute Gasteiger partial charge is 0.303 e. The van der Waals surface area contributed by atoms with Gasteiger partial charge in [0.1, 0.15) is 0 Å². The Kier molecular flexibility index (Phi) is 6.39. The first kappa shape index (κ1) is 16.7. The Balaban J connectivity index is 2.96. The fourth-order valence-corrected chi connectivity index (χ4v) is 2.02. The number of H-pyrrole nitrogens is 2. The molecule has 21 heavy (non-hydrogen) atoms. The number of aromatic amines is 2. The van der Waals surface area contributed by atoms with E-state index in [9.17, 15) is 14.4 Å². The Labute approximate surface area is 121 Å². The Morgan fingerprint density at radius 2 is 1.90 bits per heavy atom. The monoisotopic (exact) mass is 292 g/mol. The molecule has 6 heteroatoms. The number of hydrogen-bond acceptors (Lipinski definition) is 3. The number of aliphatic carboxylic acids is 1. The third kappa shape index (κ3) is 5.25. The van der Waals surface area contributed by atoms with Gasteiger partial charge in [-0.25, -0.2) is 0 Å². The van der Waals surface area contributed by atoms with Crippen LogP contribution in [0.2, 0.25) is 0 Å². The van der Waals surface area contributed by atoms with E-state index >= 15 is 0 Å². The Morgan fingerprint density at radius 1 is 1.29 bits per heavy atom. The highest BCUT2D eigenvalue weighted by Crippen LogP contribution is 2.11. The maximum Gasteiger partial charge on any atom is 0.303 e. The number of rotatable bonds is 7. The van der Waals surface area contributed by atoms with Crippen LogP contribution in [0.15, 0.2) is 22.2 Å². The fourth-order valence-electron chi connectivity index (χ4n) is 2.02. The molecule has 0 spiro atoms. The lowest BCUT2D eigenvalue weighted by molar-refractivity contribution is -0.137. The molecule has 0 aliphatic rings. The van der Waals surface area contributed by atoms with Crippen molar-refractivity contribution in [2.24, 2.45) is 5.92 Å². The predicted molar refractivity (Wildman–Crippen MR) is 81.3 cm³/mol. The molecule has 0 fully saturated rings. The zero-order valence-corrected chi connectivity index (χ0v) is 12.0. The van der Waals surface area contributed by atoms with E-state index in [1.54, 1.807) is 6.08 Å². The minimum Gasteiger partial charge on any atom is -0.481 e. The van der Waals surface area contributed by atoms with Crippen molar-refractivity contribution < 1.29 is 9.90 Å². The van der Waals surface area contributed by atoms with E-state index in [2.05, 4.69) is 16.8 Å². The molecule has 0 saturated carbocycles. The third-order valence-corrected chi connectivity index (χ3v) is 3.17. The first-order valence-electron chi connectivity index (χ1n) is 6.81. The van der Waals surface area contributed by atoms with Crippen molar-refractivity contribution in [1.82, 2.24) is 10.2 Å². The summed E-state index contributed by atoms with van der Waals surface area (Å²) in [4.78, 5) is 33.9. The Bertz CT molecular complexity index is 727. The van der Waals surface area contributed by atoms with Crippen LogP contribution >= 0.6 is 0 Å². The van der Waals surface area contributed by atoms with E-state index in [4.69, 9.17) is 5.11 Å². The summed E-state index contributed by atoms with van der Waals surface area (Å²) >= 11 is 0. The summed E-state index contributed by atoms with van der Waals surface area (Å²) in [6.07, 6.45) is 6.77. The normalized spacial score (nSPS) is 14.1. The molecule has 0 aliphatic carbocycles. The lowest BCUT2D eigenvalue weighted by Crippen LogP contribution is -2.51. The number of carboxylic acids is 1. The molecule has 0 aromatic carbocycles. The van der Waals surface area contributed by atoms with Gasteiger partial charge < -0.3 is 5.11 Å². The minimum atomic E-state index is -0.805. The molecule has 1 rings (SSSR count). The van der Waals surface area contributed by atoms with Gasteiger partial charge in [0.15, 0.2) is 0 Å². The average Bonchev–Trinajstić information content (AvgIpc) is 2.42. The van der Waals surface area contributed by atoms with Gasteiger partial charge in [-0.1, -0.05) is 25.7 Å². The zero-order chi connectivity index (χ0) is 15.8. The molecular weight excluding hydrogens is 272 g/mol. The molecule has 114 valence electrons. The van der Waals surface area contributed by atoms with Gasteiger partial charge in [-0.15, -0.1) is 0 Å². The second-order valence-electron chi connectivity index (χ2n) is 4.97. The predicted octanol–water partition coefficient (Wildman–Crippen LogP) is 0.0913. The number of carbonyl (C=O) groups is 1. The van der Waals surface area contributed by atoms with Gasteiger partial charge in [-0.3, -0.25) is 24.6 Å². The summed E-state index contributed by atoms with van der Waals surface area (Å²) in [5.41, 5.74) is -0.736. The first-order valence-corrected chi connectivity index (χ1v) is 6.81. The quantitative estimate of drug-likeness (QED) is 0.662. The second kappa shape index (κ2) is 8.04. The molecule has 0 bridgehead atoms. The van der Waals surface area contributed by atoms with Crippen molar-refractivity contribution in [2.75, 3.05) is 0 Å². The van der Waals surface area contributed by atoms with Gasteiger partial charge in [0.2, 0.25) is 0 Å². The van der Waals surface area contributed by atoms with E-state index in [1.165, 1.54) is 12.2 Å². The summed E-state index contributed by atoms with van der Waals surface area (Å²) in [6, 6.07) is 0. The molecule has 1 atom stereocenters. The van der Waals surface area contributed by atoms with Crippen LogP contribution in [0, 0.1) is 5.92 Å². The Hall–Kier alpha value is -2.37. The maximum absolute atomic E-state index is 11.8. The molecule has 1 heterocycles. The van der Waals surface area contributed by atoms with Crippen molar-refractivity contribution in [3.05, 3.63) is 43.8 Å². The lowest BCUT2D eigenvalue weighted by Gasteiger charge is -2.06. The summed E-state index contributed by atoms with van der Waals surface area (Å²) in [7, 11) is 0. The van der Waals surface area contributed by atoms with E-state index in [1.807, 2.05) is 6.92 Å². The summed E-state index contributed by atoms with van der Waals surface area (Å²) in [5, 5.41) is 13.8. The number of hydrogen-bond donors (Lipinski definition) is 3. The first-order chi connectivity index (χ1) is 9.95. The van der Waals surface area contributed by atoms with E-state index in [0.29, 0.717) is 18.1 Å². The number of nitrogens with one attached hydrogen (secondary N) is 2. The van der Waals surface area contributed by atoms with E-state index in [-0.39, 0.29) is 28.7 Å². The van der Waals surface area contributed by atoms with Crippen LogP contribution in [0.4, 0.5) is 0 Å². The van der Waals surface area contributed by atoms with Crippen molar-refractivity contribution in [2.45, 2.75) is 32.6 Å². The Morgan fingerprint density at radius 3 is 2.48 bits per heavy atom. The number of aromatic nitrogens is 2. The van der Waals surface area contributed by atoms with Crippen molar-refractivity contribution in [1.29, 1.82) is 0 Å². The van der Waals surface area contributed by atoms with Crippen LogP contribution in [-0.2, 0) is 4.79 Å². The molecule has 0 saturated heterocycles. The molecule has 0 amide bonds. The standard InChI is InChI=1S/C15H20N2O4/c1-3-5-11-12(15(21)17-16-14(11)20)9-8-10(2)6-4-7-13(18)19/h3,5,9-10H,1,4,6-8H2,2H3,(H,16,20)(H,17,21)(H,18,19)/b11-5+,12-9+. The topological polar surface area (TPSA) is 103 Å². The highest BCUT2D eigenvalue weighted by atomic mass is 16.4. The van der Waals surface area contributed by atoms with Crippen molar-refractivity contribution in [3.8, 4) is 0 Å². The van der Waals surface area contributed by atoms with Crippen LogP contribution < -0.4 is 21.6 Å². The SMILES string of the molecule is C=C/C=c1/c(=O)[nH][nH]c(=O)/c1=C/CC(C)CCCC(=O)O.